The van der Waals surface area contributed by atoms with Crippen LogP contribution in [0.4, 0.5) is 0 Å². The molecule has 8 heteroatoms. The van der Waals surface area contributed by atoms with Gasteiger partial charge in [-0.2, -0.15) is 4.31 Å². The Bertz CT molecular complexity index is 955. The third-order valence-electron chi connectivity index (χ3n) is 5.25. The molecule has 1 heterocycles. The first-order valence-electron chi connectivity index (χ1n) is 9.52. The summed E-state index contributed by atoms with van der Waals surface area (Å²) in [7, 11) is -2.03. The number of hydrogen-bond donors (Lipinski definition) is 1. The van der Waals surface area contributed by atoms with Gasteiger partial charge in [-0.05, 0) is 55.7 Å². The number of nitrogens with one attached hydrogen (secondary N) is 1. The fourth-order valence-electron chi connectivity index (χ4n) is 3.49. The number of ether oxygens (including phenoxy) is 1. The third-order valence-corrected chi connectivity index (χ3v) is 7.89. The number of methoxy groups -OCH3 is 1. The minimum Gasteiger partial charge on any atom is -0.497 e. The number of halogens is 1. The number of piperidine rings is 1. The van der Waals surface area contributed by atoms with Crippen LogP contribution in [0.25, 0.3) is 0 Å². The van der Waals surface area contributed by atoms with Crippen LogP contribution in [0, 0.1) is 5.92 Å². The molecule has 1 N–H and O–H groups in total. The van der Waals surface area contributed by atoms with E-state index in [1.165, 1.54) is 11.4 Å². The van der Waals surface area contributed by atoms with Gasteiger partial charge >= 0.3 is 0 Å². The monoisotopic (exact) mass is 480 g/mol. The highest BCUT2D eigenvalue weighted by Gasteiger charge is 2.32. The van der Waals surface area contributed by atoms with Gasteiger partial charge in [-0.25, -0.2) is 8.42 Å². The molecule has 1 saturated heterocycles. The van der Waals surface area contributed by atoms with Crippen LogP contribution in [0.2, 0.25) is 0 Å². The summed E-state index contributed by atoms with van der Waals surface area (Å²) in [6, 6.07) is 14.0. The molecule has 2 aromatic carbocycles. The first-order chi connectivity index (χ1) is 13.8. The van der Waals surface area contributed by atoms with Gasteiger partial charge in [0, 0.05) is 23.5 Å². The van der Waals surface area contributed by atoms with Gasteiger partial charge < -0.3 is 10.1 Å². The Labute approximate surface area is 180 Å². The van der Waals surface area contributed by atoms with Crippen molar-refractivity contribution in [2.75, 3.05) is 20.2 Å². The van der Waals surface area contributed by atoms with Crippen LogP contribution < -0.4 is 10.1 Å². The number of benzene rings is 2. The Morgan fingerprint density at radius 1 is 1.14 bits per heavy atom. The molecule has 1 aliphatic rings. The van der Waals surface area contributed by atoms with E-state index in [-0.39, 0.29) is 22.8 Å². The molecule has 0 aromatic heterocycles. The van der Waals surface area contributed by atoms with Crippen molar-refractivity contribution in [3.63, 3.8) is 0 Å². The van der Waals surface area contributed by atoms with Crippen molar-refractivity contribution < 1.29 is 17.9 Å². The summed E-state index contributed by atoms with van der Waals surface area (Å²) in [6.45, 7) is 2.60. The number of rotatable bonds is 6. The molecule has 3 rings (SSSR count). The molecular formula is C21H25BrN2O4S. The van der Waals surface area contributed by atoms with E-state index < -0.39 is 10.0 Å². The standard InChI is InChI=1S/C21H25BrN2O4S/c1-15(19-5-3-4-6-20(19)22)23-21(25)16-11-13-24(14-12-16)29(26,27)18-9-7-17(28-2)8-10-18/h3-10,15-16H,11-14H2,1-2H3,(H,23,25). The average molecular weight is 481 g/mol. The van der Waals surface area contributed by atoms with Gasteiger partial charge in [0.1, 0.15) is 5.75 Å². The van der Waals surface area contributed by atoms with E-state index >= 15 is 0 Å². The zero-order chi connectivity index (χ0) is 21.0. The van der Waals surface area contributed by atoms with Crippen LogP contribution in [0.5, 0.6) is 5.75 Å². The third kappa shape index (κ3) is 4.99. The van der Waals surface area contributed by atoms with E-state index in [1.807, 2.05) is 31.2 Å². The summed E-state index contributed by atoms with van der Waals surface area (Å²) in [5.41, 5.74) is 1.01. The highest BCUT2D eigenvalue weighted by Crippen LogP contribution is 2.27. The first kappa shape index (κ1) is 21.8. The summed E-state index contributed by atoms with van der Waals surface area (Å²) in [5, 5.41) is 3.05. The maximum Gasteiger partial charge on any atom is 0.243 e. The summed E-state index contributed by atoms with van der Waals surface area (Å²) in [4.78, 5) is 12.9. The van der Waals surface area contributed by atoms with Crippen molar-refractivity contribution in [2.24, 2.45) is 5.92 Å². The number of sulfonamides is 1. The summed E-state index contributed by atoms with van der Waals surface area (Å²) in [6.07, 6.45) is 1.01. The number of carbonyl (C=O) groups is 1. The molecular weight excluding hydrogens is 456 g/mol. The summed E-state index contributed by atoms with van der Waals surface area (Å²) in [5.74, 6) is 0.385. The highest BCUT2D eigenvalue weighted by atomic mass is 79.9. The molecule has 0 saturated carbocycles. The molecule has 0 aliphatic carbocycles. The van der Waals surface area contributed by atoms with Gasteiger partial charge in [-0.3, -0.25) is 4.79 Å². The van der Waals surface area contributed by atoms with Crippen LogP contribution >= 0.6 is 15.9 Å². The van der Waals surface area contributed by atoms with Crippen molar-refractivity contribution in [1.29, 1.82) is 0 Å². The maximum absolute atomic E-state index is 12.8. The van der Waals surface area contributed by atoms with E-state index in [2.05, 4.69) is 21.2 Å². The van der Waals surface area contributed by atoms with E-state index in [0.717, 1.165) is 10.0 Å². The zero-order valence-corrected chi connectivity index (χ0v) is 18.9. The average Bonchev–Trinajstić information content (AvgIpc) is 2.74. The topological polar surface area (TPSA) is 75.7 Å². The van der Waals surface area contributed by atoms with Crippen LogP contribution in [0.1, 0.15) is 31.4 Å². The Hall–Kier alpha value is -1.90. The second kappa shape index (κ2) is 9.28. The second-order valence-corrected chi connectivity index (χ2v) is 9.90. The van der Waals surface area contributed by atoms with Crippen molar-refractivity contribution in [3.05, 3.63) is 58.6 Å². The van der Waals surface area contributed by atoms with Gasteiger partial charge in [-0.15, -0.1) is 0 Å². The minimum atomic E-state index is -3.57. The fraction of sp³-hybridized carbons (Fsp3) is 0.381. The second-order valence-electron chi connectivity index (χ2n) is 7.11. The Morgan fingerprint density at radius 3 is 2.34 bits per heavy atom. The van der Waals surface area contributed by atoms with Gasteiger partial charge in [0.25, 0.3) is 0 Å². The van der Waals surface area contributed by atoms with Crippen LogP contribution in [-0.4, -0.2) is 38.8 Å². The van der Waals surface area contributed by atoms with Gasteiger partial charge in [0.05, 0.1) is 18.0 Å². The van der Waals surface area contributed by atoms with E-state index in [4.69, 9.17) is 4.74 Å². The lowest BCUT2D eigenvalue weighted by atomic mass is 9.96. The van der Waals surface area contributed by atoms with Gasteiger partial charge in [0.15, 0.2) is 0 Å². The predicted octanol–water partition coefficient (Wildman–Crippen LogP) is 3.74. The molecule has 0 radical (unpaired) electrons. The molecule has 156 valence electrons. The SMILES string of the molecule is COc1ccc(S(=O)(=O)N2CCC(C(=O)NC(C)c3ccccc3Br)CC2)cc1. The Balaban J connectivity index is 1.59. The zero-order valence-electron chi connectivity index (χ0n) is 16.5. The molecule has 6 nitrogen and oxygen atoms in total. The van der Waals surface area contributed by atoms with E-state index in [1.54, 1.807) is 24.3 Å². The lowest BCUT2D eigenvalue weighted by Crippen LogP contribution is -2.43. The molecule has 1 amide bonds. The number of carbonyl (C=O) groups excluding carboxylic acids is 1. The van der Waals surface area contributed by atoms with Crippen LogP contribution in [0.15, 0.2) is 57.9 Å². The highest BCUT2D eigenvalue weighted by molar-refractivity contribution is 9.10. The molecule has 1 atom stereocenters. The van der Waals surface area contributed by atoms with Crippen molar-refractivity contribution >= 4 is 31.9 Å². The van der Waals surface area contributed by atoms with Crippen molar-refractivity contribution in [2.45, 2.75) is 30.7 Å². The molecule has 0 bridgehead atoms. The lowest BCUT2D eigenvalue weighted by molar-refractivity contribution is -0.126. The normalized spacial score (nSPS) is 16.9. The van der Waals surface area contributed by atoms with Gasteiger partial charge in [0.2, 0.25) is 15.9 Å². The Kier molecular flexibility index (Phi) is 6.97. The maximum atomic E-state index is 12.8. The predicted molar refractivity (Wildman–Crippen MR) is 115 cm³/mol. The van der Waals surface area contributed by atoms with Crippen molar-refractivity contribution in [3.8, 4) is 5.75 Å². The summed E-state index contributed by atoms with van der Waals surface area (Å²) < 4.78 is 33.2. The summed E-state index contributed by atoms with van der Waals surface area (Å²) >= 11 is 3.51. The fourth-order valence-corrected chi connectivity index (χ4v) is 5.59. The molecule has 2 aromatic rings. The van der Waals surface area contributed by atoms with E-state index in [9.17, 15) is 13.2 Å². The Morgan fingerprint density at radius 2 is 1.76 bits per heavy atom. The lowest BCUT2D eigenvalue weighted by Gasteiger charge is -2.31. The molecule has 1 fully saturated rings. The van der Waals surface area contributed by atoms with Crippen molar-refractivity contribution in [1.82, 2.24) is 9.62 Å². The molecule has 29 heavy (non-hydrogen) atoms. The quantitative estimate of drug-likeness (QED) is 0.682. The number of amides is 1. The largest absolute Gasteiger partial charge is 0.497 e. The van der Waals surface area contributed by atoms with Gasteiger partial charge in [-0.1, -0.05) is 34.1 Å². The smallest absolute Gasteiger partial charge is 0.243 e. The molecule has 0 spiro atoms. The number of hydrogen-bond acceptors (Lipinski definition) is 4. The van der Waals surface area contributed by atoms with Crippen LogP contribution in [-0.2, 0) is 14.8 Å². The van der Waals surface area contributed by atoms with Crippen LogP contribution in [0.3, 0.4) is 0 Å². The molecule has 1 unspecified atom stereocenters. The number of nitrogens with zero attached hydrogens (tertiary/aromatic N) is 1. The molecule has 1 aliphatic heterocycles. The minimum absolute atomic E-state index is 0.0326. The van der Waals surface area contributed by atoms with E-state index in [0.29, 0.717) is 31.7 Å². The first-order valence-corrected chi connectivity index (χ1v) is 11.7.